The van der Waals surface area contributed by atoms with Crippen LogP contribution in [0.3, 0.4) is 0 Å². The molecule has 1 aliphatic rings. The van der Waals surface area contributed by atoms with Gasteiger partial charge in [0.25, 0.3) is 0 Å². The Kier molecular flexibility index (Phi) is 9.11. The average Bonchev–Trinajstić information content (AvgIpc) is 3.44. The third kappa shape index (κ3) is 7.32. The molecule has 37 heavy (non-hydrogen) atoms. The molecule has 0 aliphatic carbocycles. The highest BCUT2D eigenvalue weighted by Crippen LogP contribution is 2.32. The predicted octanol–water partition coefficient (Wildman–Crippen LogP) is 4.42. The molecule has 0 saturated carbocycles. The number of rotatable bonds is 10. The van der Waals surface area contributed by atoms with Crippen LogP contribution in [0, 0.1) is 11.5 Å². The molecular weight excluding hydrogens is 464 g/mol. The fourth-order valence-electron chi connectivity index (χ4n) is 4.52. The van der Waals surface area contributed by atoms with E-state index in [1.807, 2.05) is 84.9 Å². The molecule has 1 unspecified atom stereocenters. The molecule has 190 valence electrons. The van der Waals surface area contributed by atoms with Crippen molar-refractivity contribution in [1.82, 2.24) is 10.2 Å². The molecule has 4 rings (SSSR count). The number of hydrogen-bond acceptors (Lipinski definition) is 5. The Morgan fingerprint density at radius 1 is 1.00 bits per heavy atom. The second kappa shape index (κ2) is 13.1. The van der Waals surface area contributed by atoms with E-state index in [1.54, 1.807) is 11.1 Å². The van der Waals surface area contributed by atoms with E-state index in [4.69, 9.17) is 10.5 Å². The Morgan fingerprint density at radius 2 is 1.62 bits per heavy atom. The van der Waals surface area contributed by atoms with Crippen LogP contribution in [0.1, 0.15) is 30.9 Å². The summed E-state index contributed by atoms with van der Waals surface area (Å²) in [5.74, 6) is 1.30. The number of nitrogens with two attached hydrogens (primary N) is 1. The summed E-state index contributed by atoms with van der Waals surface area (Å²) in [7, 11) is 0. The van der Waals surface area contributed by atoms with E-state index in [2.05, 4.69) is 15.2 Å². The number of ether oxygens (including phenoxy) is 1. The molecule has 8 nitrogen and oxygen atoms in total. The first-order valence-electron chi connectivity index (χ1n) is 12.5. The molecule has 8 heteroatoms. The van der Waals surface area contributed by atoms with E-state index >= 15 is 0 Å². The summed E-state index contributed by atoms with van der Waals surface area (Å²) < 4.78 is 5.92. The smallest absolute Gasteiger partial charge is 0.222 e. The molecule has 1 saturated heterocycles. The minimum atomic E-state index is -0.467. The number of nitrogens with one attached hydrogen (secondary N) is 1. The van der Waals surface area contributed by atoms with Crippen molar-refractivity contribution in [1.29, 1.82) is 5.26 Å². The lowest BCUT2D eigenvalue weighted by Crippen LogP contribution is -2.43. The average molecular weight is 497 g/mol. The van der Waals surface area contributed by atoms with Crippen molar-refractivity contribution < 1.29 is 9.53 Å². The first kappa shape index (κ1) is 25.7. The standard InChI is InChI=1S/C29H32N6O2/c30-22-33-29(31)35(24-13-15-26(16-14-24)37-25-11-5-2-6-12-25)27(23-9-3-1-4-10-23)21-28(36)32-17-20-34-18-7-8-19-34/h1-6,9-16,27H,7-8,17-21H2,(H2,31,33)(H,32,36). The van der Waals surface area contributed by atoms with Gasteiger partial charge in [0.1, 0.15) is 11.5 Å². The highest BCUT2D eigenvalue weighted by Gasteiger charge is 2.27. The molecule has 3 aromatic carbocycles. The van der Waals surface area contributed by atoms with Crippen LogP contribution in [0.2, 0.25) is 0 Å². The zero-order chi connectivity index (χ0) is 25.9. The van der Waals surface area contributed by atoms with E-state index in [0.717, 1.165) is 30.9 Å². The minimum absolute atomic E-state index is 0.0120. The van der Waals surface area contributed by atoms with E-state index < -0.39 is 6.04 Å². The van der Waals surface area contributed by atoms with Crippen LogP contribution in [-0.2, 0) is 4.79 Å². The van der Waals surface area contributed by atoms with Gasteiger partial charge in [0.2, 0.25) is 18.1 Å². The highest BCUT2D eigenvalue weighted by molar-refractivity contribution is 5.97. The molecule has 1 atom stereocenters. The van der Waals surface area contributed by atoms with Gasteiger partial charge in [0, 0.05) is 18.8 Å². The largest absolute Gasteiger partial charge is 0.457 e. The lowest BCUT2D eigenvalue weighted by molar-refractivity contribution is -0.121. The molecule has 1 heterocycles. The van der Waals surface area contributed by atoms with Crippen molar-refractivity contribution in [2.75, 3.05) is 31.1 Å². The van der Waals surface area contributed by atoms with Gasteiger partial charge >= 0.3 is 0 Å². The quantitative estimate of drug-likeness (QED) is 0.244. The van der Waals surface area contributed by atoms with Gasteiger partial charge in [0.05, 0.1) is 12.5 Å². The number of likely N-dealkylation sites (tertiary alicyclic amines) is 1. The minimum Gasteiger partial charge on any atom is -0.457 e. The normalized spacial score (nSPS) is 14.5. The van der Waals surface area contributed by atoms with Crippen LogP contribution < -0.4 is 20.7 Å². The third-order valence-corrected chi connectivity index (χ3v) is 6.33. The lowest BCUT2D eigenvalue weighted by Gasteiger charge is -2.32. The van der Waals surface area contributed by atoms with Crippen LogP contribution >= 0.6 is 0 Å². The van der Waals surface area contributed by atoms with Crippen molar-refractivity contribution >= 4 is 17.6 Å². The number of anilines is 1. The van der Waals surface area contributed by atoms with Crippen molar-refractivity contribution in [3.8, 4) is 17.7 Å². The van der Waals surface area contributed by atoms with Gasteiger partial charge in [-0.2, -0.15) is 5.26 Å². The van der Waals surface area contributed by atoms with Gasteiger partial charge in [-0.3, -0.25) is 4.79 Å². The highest BCUT2D eigenvalue weighted by atomic mass is 16.5. The zero-order valence-corrected chi connectivity index (χ0v) is 20.8. The van der Waals surface area contributed by atoms with Gasteiger partial charge in [-0.25, -0.2) is 0 Å². The number of carbonyl (C=O) groups excluding carboxylic acids is 1. The number of aliphatic imine (C=N–C) groups is 1. The number of nitrogens with zero attached hydrogens (tertiary/aromatic N) is 4. The van der Waals surface area contributed by atoms with Gasteiger partial charge in [0.15, 0.2) is 0 Å². The van der Waals surface area contributed by atoms with Crippen molar-refractivity contribution in [3.63, 3.8) is 0 Å². The lowest BCUT2D eigenvalue weighted by atomic mass is 10.0. The molecule has 1 fully saturated rings. The maximum atomic E-state index is 13.1. The van der Waals surface area contributed by atoms with E-state index in [9.17, 15) is 10.1 Å². The Labute approximate surface area is 218 Å². The predicted molar refractivity (Wildman–Crippen MR) is 145 cm³/mol. The summed E-state index contributed by atoms with van der Waals surface area (Å²) in [5.41, 5.74) is 7.88. The van der Waals surface area contributed by atoms with Crippen molar-refractivity contribution in [2.24, 2.45) is 10.7 Å². The maximum absolute atomic E-state index is 13.1. The Morgan fingerprint density at radius 3 is 2.27 bits per heavy atom. The van der Waals surface area contributed by atoms with Gasteiger partial charge in [-0.1, -0.05) is 48.5 Å². The Bertz CT molecular complexity index is 1200. The summed E-state index contributed by atoms with van der Waals surface area (Å²) >= 11 is 0. The zero-order valence-electron chi connectivity index (χ0n) is 20.8. The number of guanidine groups is 1. The van der Waals surface area contributed by atoms with Gasteiger partial charge in [-0.15, -0.1) is 4.99 Å². The van der Waals surface area contributed by atoms with E-state index in [-0.39, 0.29) is 18.3 Å². The molecule has 0 bridgehead atoms. The first-order chi connectivity index (χ1) is 18.1. The number of carbonyl (C=O) groups is 1. The fourth-order valence-corrected chi connectivity index (χ4v) is 4.52. The molecule has 1 amide bonds. The number of benzene rings is 3. The van der Waals surface area contributed by atoms with Gasteiger partial charge in [-0.05, 0) is 67.9 Å². The van der Waals surface area contributed by atoms with Crippen LogP contribution in [0.4, 0.5) is 5.69 Å². The Balaban J connectivity index is 1.56. The van der Waals surface area contributed by atoms with Gasteiger partial charge < -0.3 is 25.6 Å². The molecule has 3 aromatic rings. The molecule has 0 aromatic heterocycles. The van der Waals surface area contributed by atoms with E-state index in [0.29, 0.717) is 18.0 Å². The molecule has 3 N–H and O–H groups in total. The molecule has 0 spiro atoms. The topological polar surface area (TPSA) is 107 Å². The van der Waals surface area contributed by atoms with Crippen molar-refractivity contribution in [2.45, 2.75) is 25.3 Å². The summed E-state index contributed by atoms with van der Waals surface area (Å²) in [6, 6.07) is 26.0. The number of nitriles is 1. The summed E-state index contributed by atoms with van der Waals surface area (Å²) in [5, 5.41) is 12.3. The molecule has 1 aliphatic heterocycles. The number of para-hydroxylation sites is 1. The molecule has 0 radical (unpaired) electrons. The van der Waals surface area contributed by atoms with Crippen LogP contribution in [0.5, 0.6) is 11.5 Å². The summed E-state index contributed by atoms with van der Waals surface area (Å²) in [6.45, 7) is 3.60. The van der Waals surface area contributed by atoms with Crippen LogP contribution in [-0.4, -0.2) is 42.9 Å². The number of hydrogen-bond donors (Lipinski definition) is 2. The maximum Gasteiger partial charge on any atom is 0.222 e. The fraction of sp³-hybridized carbons (Fsp3) is 0.276. The second-order valence-corrected chi connectivity index (χ2v) is 8.88. The monoisotopic (exact) mass is 496 g/mol. The SMILES string of the molecule is N#CN=C(N)N(c1ccc(Oc2ccccc2)cc1)C(CC(=O)NCCN1CCCC1)c1ccccc1. The van der Waals surface area contributed by atoms with Crippen LogP contribution in [0.25, 0.3) is 0 Å². The Hall–Kier alpha value is -4.35. The second-order valence-electron chi connectivity index (χ2n) is 8.88. The summed E-state index contributed by atoms with van der Waals surface area (Å²) in [4.78, 5) is 21.0. The van der Waals surface area contributed by atoms with Crippen molar-refractivity contribution in [3.05, 3.63) is 90.5 Å². The third-order valence-electron chi connectivity index (χ3n) is 6.33. The van der Waals surface area contributed by atoms with E-state index in [1.165, 1.54) is 12.8 Å². The van der Waals surface area contributed by atoms with Crippen LogP contribution in [0.15, 0.2) is 89.9 Å². The first-order valence-corrected chi connectivity index (χ1v) is 12.5. The molecular formula is C29H32N6O2. The number of amides is 1. The summed E-state index contributed by atoms with van der Waals surface area (Å²) in [6.07, 6.45) is 4.35.